The first-order valence-electron chi connectivity index (χ1n) is 5.98. The van der Waals surface area contributed by atoms with Crippen LogP contribution in [-0.4, -0.2) is 26.1 Å². The van der Waals surface area contributed by atoms with Crippen molar-refractivity contribution in [1.29, 1.82) is 0 Å². The van der Waals surface area contributed by atoms with Crippen LogP contribution in [-0.2, 0) is 16.0 Å². The highest BCUT2D eigenvalue weighted by molar-refractivity contribution is 5.79. The van der Waals surface area contributed by atoms with Gasteiger partial charge in [-0.05, 0) is 30.5 Å². The third-order valence-corrected chi connectivity index (χ3v) is 2.46. The number of carbonyl (C=O) groups is 1. The third-order valence-electron chi connectivity index (χ3n) is 2.46. The zero-order chi connectivity index (χ0) is 12.5. The van der Waals surface area contributed by atoms with Crippen LogP contribution >= 0.6 is 0 Å². The van der Waals surface area contributed by atoms with Crippen LogP contribution in [0.15, 0.2) is 24.3 Å². The lowest BCUT2D eigenvalue weighted by Crippen LogP contribution is -2.10. The van der Waals surface area contributed by atoms with Crippen LogP contribution in [0, 0.1) is 0 Å². The third kappa shape index (κ3) is 5.50. The van der Waals surface area contributed by atoms with Crippen LogP contribution in [0.4, 0.5) is 0 Å². The maximum Gasteiger partial charge on any atom is 0.158 e. The summed E-state index contributed by atoms with van der Waals surface area (Å²) in [6.45, 7) is 2.93. The van der Waals surface area contributed by atoms with Crippen molar-refractivity contribution >= 4 is 5.78 Å². The number of ketones is 1. The molecule has 0 N–H and O–H groups in total. The summed E-state index contributed by atoms with van der Waals surface area (Å²) in [5.41, 5.74) is 1.15. The molecule has 0 aliphatic heterocycles. The summed E-state index contributed by atoms with van der Waals surface area (Å²) in [6, 6.07) is 7.79. The van der Waals surface area contributed by atoms with E-state index in [0.717, 1.165) is 24.2 Å². The molecule has 0 fully saturated rings. The number of methoxy groups -OCH3 is 1. The molecule has 0 saturated heterocycles. The summed E-state index contributed by atoms with van der Waals surface area (Å²) >= 11 is 0. The number of ether oxygens (including phenoxy) is 2. The molecule has 1 aromatic carbocycles. The van der Waals surface area contributed by atoms with Gasteiger partial charge in [0.1, 0.15) is 12.4 Å². The topological polar surface area (TPSA) is 35.5 Å². The predicted molar refractivity (Wildman–Crippen MR) is 67.4 cm³/mol. The largest absolute Gasteiger partial charge is 0.497 e. The van der Waals surface area contributed by atoms with Crippen molar-refractivity contribution < 1.29 is 14.3 Å². The molecule has 3 heteroatoms. The van der Waals surface area contributed by atoms with Gasteiger partial charge in [0.15, 0.2) is 5.78 Å². The van der Waals surface area contributed by atoms with E-state index in [9.17, 15) is 4.79 Å². The Bertz CT molecular complexity index is 330. The summed E-state index contributed by atoms with van der Waals surface area (Å²) in [7, 11) is 1.64. The molecule has 17 heavy (non-hydrogen) atoms. The Balaban J connectivity index is 2.27. The highest BCUT2D eigenvalue weighted by Gasteiger charge is 2.03. The van der Waals surface area contributed by atoms with Gasteiger partial charge in [-0.25, -0.2) is 0 Å². The van der Waals surface area contributed by atoms with Crippen molar-refractivity contribution in [2.75, 3.05) is 20.3 Å². The number of Topliss-reactive ketones (excluding diaryl/α,β-unsaturated/α-hetero) is 1. The molecule has 0 unspecified atom stereocenters. The van der Waals surface area contributed by atoms with Gasteiger partial charge < -0.3 is 9.47 Å². The molecule has 0 saturated carbocycles. The minimum Gasteiger partial charge on any atom is -0.497 e. The highest BCUT2D eigenvalue weighted by Crippen LogP contribution is 2.12. The Labute approximate surface area is 103 Å². The first-order valence-corrected chi connectivity index (χ1v) is 5.98. The lowest BCUT2D eigenvalue weighted by atomic mass is 10.1. The molecule has 1 aromatic rings. The fraction of sp³-hybridized carbons (Fsp3) is 0.500. The summed E-state index contributed by atoms with van der Waals surface area (Å²) in [6.07, 6.45) is 2.25. The van der Waals surface area contributed by atoms with E-state index in [0.29, 0.717) is 13.0 Å². The fourth-order valence-corrected chi connectivity index (χ4v) is 1.48. The van der Waals surface area contributed by atoms with Crippen molar-refractivity contribution in [3.8, 4) is 5.75 Å². The second kappa shape index (κ2) is 7.85. The zero-order valence-corrected chi connectivity index (χ0v) is 10.6. The molecule has 94 valence electrons. The summed E-state index contributed by atoms with van der Waals surface area (Å²) in [5, 5.41) is 0. The van der Waals surface area contributed by atoms with Crippen LogP contribution in [0.5, 0.6) is 5.75 Å². The first-order chi connectivity index (χ1) is 8.26. The van der Waals surface area contributed by atoms with E-state index in [2.05, 4.69) is 0 Å². The van der Waals surface area contributed by atoms with Gasteiger partial charge in [-0.3, -0.25) is 4.79 Å². The molecule has 0 amide bonds. The predicted octanol–water partition coefficient (Wildman–Crippen LogP) is 2.62. The first kappa shape index (κ1) is 13.7. The minimum atomic E-state index is 0.161. The molecule has 3 nitrogen and oxygen atoms in total. The highest BCUT2D eigenvalue weighted by atomic mass is 16.5. The molecule has 0 heterocycles. The van der Waals surface area contributed by atoms with Crippen molar-refractivity contribution in [3.05, 3.63) is 29.8 Å². The van der Waals surface area contributed by atoms with Gasteiger partial charge in [0.2, 0.25) is 0 Å². The van der Waals surface area contributed by atoms with E-state index in [1.807, 2.05) is 31.2 Å². The van der Waals surface area contributed by atoms with Crippen molar-refractivity contribution in [1.82, 2.24) is 0 Å². The second-order valence-corrected chi connectivity index (χ2v) is 3.94. The maximum absolute atomic E-state index is 11.5. The van der Waals surface area contributed by atoms with Gasteiger partial charge in [0.05, 0.1) is 7.11 Å². The second-order valence-electron chi connectivity index (χ2n) is 3.94. The van der Waals surface area contributed by atoms with Crippen LogP contribution < -0.4 is 4.74 Å². The van der Waals surface area contributed by atoms with E-state index in [1.165, 1.54) is 0 Å². The molecular weight excluding hydrogens is 216 g/mol. The number of aryl methyl sites for hydroxylation is 1. The smallest absolute Gasteiger partial charge is 0.158 e. The molecule has 0 radical (unpaired) electrons. The number of benzene rings is 1. The van der Waals surface area contributed by atoms with Crippen molar-refractivity contribution in [2.45, 2.75) is 26.2 Å². The van der Waals surface area contributed by atoms with Crippen LogP contribution in [0.25, 0.3) is 0 Å². The Hall–Kier alpha value is -1.35. The Morgan fingerprint density at radius 2 is 1.94 bits per heavy atom. The number of hydrogen-bond acceptors (Lipinski definition) is 3. The van der Waals surface area contributed by atoms with Gasteiger partial charge in [-0.1, -0.05) is 19.1 Å². The molecule has 0 aromatic heterocycles. The van der Waals surface area contributed by atoms with Crippen LogP contribution in [0.3, 0.4) is 0 Å². The van der Waals surface area contributed by atoms with Gasteiger partial charge >= 0.3 is 0 Å². The maximum atomic E-state index is 11.5. The normalized spacial score (nSPS) is 10.2. The Morgan fingerprint density at radius 3 is 2.53 bits per heavy atom. The average Bonchev–Trinajstić information content (AvgIpc) is 2.37. The molecular formula is C14H20O3. The quantitative estimate of drug-likeness (QED) is 0.651. The van der Waals surface area contributed by atoms with Gasteiger partial charge in [0.25, 0.3) is 0 Å². The summed E-state index contributed by atoms with van der Waals surface area (Å²) in [4.78, 5) is 11.5. The molecule has 1 rings (SSSR count). The SMILES string of the molecule is CCCOCC(=O)CCc1ccc(OC)cc1. The Kier molecular flexibility index (Phi) is 6.33. The molecule has 0 aliphatic rings. The van der Waals surface area contributed by atoms with Crippen molar-refractivity contribution in [3.63, 3.8) is 0 Å². The lowest BCUT2D eigenvalue weighted by Gasteiger charge is -2.04. The number of hydrogen-bond donors (Lipinski definition) is 0. The molecule has 0 spiro atoms. The monoisotopic (exact) mass is 236 g/mol. The van der Waals surface area contributed by atoms with Gasteiger partial charge in [0, 0.05) is 13.0 Å². The molecule has 0 aliphatic carbocycles. The summed E-state index contributed by atoms with van der Waals surface area (Å²) < 4.78 is 10.3. The van der Waals surface area contributed by atoms with Gasteiger partial charge in [-0.2, -0.15) is 0 Å². The zero-order valence-electron chi connectivity index (χ0n) is 10.6. The van der Waals surface area contributed by atoms with Gasteiger partial charge in [-0.15, -0.1) is 0 Å². The van der Waals surface area contributed by atoms with Crippen molar-refractivity contribution in [2.24, 2.45) is 0 Å². The van der Waals surface area contributed by atoms with Crippen LogP contribution in [0.2, 0.25) is 0 Å². The van der Waals surface area contributed by atoms with E-state index >= 15 is 0 Å². The number of carbonyl (C=O) groups excluding carboxylic acids is 1. The average molecular weight is 236 g/mol. The molecule has 0 bridgehead atoms. The lowest BCUT2D eigenvalue weighted by molar-refractivity contribution is -0.123. The fourth-order valence-electron chi connectivity index (χ4n) is 1.48. The standard InChI is InChI=1S/C14H20O3/c1-3-10-17-11-13(15)7-4-12-5-8-14(16-2)9-6-12/h5-6,8-9H,3-4,7,10-11H2,1-2H3. The van der Waals surface area contributed by atoms with E-state index < -0.39 is 0 Å². The van der Waals surface area contributed by atoms with E-state index in [-0.39, 0.29) is 12.4 Å². The van der Waals surface area contributed by atoms with E-state index in [1.54, 1.807) is 7.11 Å². The summed E-state index contributed by atoms with van der Waals surface area (Å²) in [5.74, 6) is 1.00. The van der Waals surface area contributed by atoms with E-state index in [4.69, 9.17) is 9.47 Å². The minimum absolute atomic E-state index is 0.161. The van der Waals surface area contributed by atoms with Crippen LogP contribution in [0.1, 0.15) is 25.3 Å². The number of rotatable bonds is 8. The Morgan fingerprint density at radius 1 is 1.24 bits per heavy atom. The molecule has 0 atom stereocenters.